The van der Waals surface area contributed by atoms with E-state index in [9.17, 15) is 19.8 Å². The molecule has 7 heteroatoms. The minimum absolute atomic E-state index is 0.00981. The van der Waals surface area contributed by atoms with E-state index >= 15 is 0 Å². The van der Waals surface area contributed by atoms with E-state index < -0.39 is 17.7 Å². The molecule has 152 valence electrons. The second kappa shape index (κ2) is 8.04. The number of aromatic hydroxyl groups is 1. The van der Waals surface area contributed by atoms with Gasteiger partial charge < -0.3 is 19.8 Å². The van der Waals surface area contributed by atoms with Crippen LogP contribution < -0.4 is 4.74 Å². The van der Waals surface area contributed by atoms with Crippen LogP contribution in [0.1, 0.15) is 22.0 Å². The van der Waals surface area contributed by atoms with Gasteiger partial charge in [-0.3, -0.25) is 9.59 Å². The molecular formula is C23H19NO5S. The quantitative estimate of drug-likeness (QED) is 0.368. The second-order valence-corrected chi connectivity index (χ2v) is 7.87. The molecule has 0 saturated carbocycles. The summed E-state index contributed by atoms with van der Waals surface area (Å²) >= 11 is 1.47. The normalized spacial score (nSPS) is 18.0. The molecule has 1 fully saturated rings. The number of phenols is 1. The van der Waals surface area contributed by atoms with E-state index in [1.165, 1.54) is 35.5 Å². The number of Topliss-reactive ketones (excluding diaryl/α,β-unsaturated/α-hetero) is 1. The van der Waals surface area contributed by atoms with Gasteiger partial charge in [-0.2, -0.15) is 0 Å². The van der Waals surface area contributed by atoms with Crippen molar-refractivity contribution in [3.05, 3.63) is 87.6 Å². The molecule has 0 spiro atoms. The Morgan fingerprint density at radius 3 is 2.60 bits per heavy atom. The Morgan fingerprint density at radius 2 is 1.90 bits per heavy atom. The Hall–Kier alpha value is -3.58. The highest BCUT2D eigenvalue weighted by Gasteiger charge is 2.46. The third-order valence-corrected chi connectivity index (χ3v) is 5.84. The van der Waals surface area contributed by atoms with Crippen molar-refractivity contribution in [3.8, 4) is 11.5 Å². The van der Waals surface area contributed by atoms with Crippen LogP contribution in [0.25, 0.3) is 5.76 Å². The number of carbonyl (C=O) groups excluding carboxylic acids is 2. The van der Waals surface area contributed by atoms with Gasteiger partial charge in [0.05, 0.1) is 25.3 Å². The van der Waals surface area contributed by atoms with Crippen molar-refractivity contribution in [1.29, 1.82) is 0 Å². The number of likely N-dealkylation sites (tertiary alicyclic amines) is 1. The van der Waals surface area contributed by atoms with Crippen molar-refractivity contribution in [3.63, 3.8) is 0 Å². The van der Waals surface area contributed by atoms with Crippen molar-refractivity contribution in [2.45, 2.75) is 12.6 Å². The first-order valence-corrected chi connectivity index (χ1v) is 10.1. The van der Waals surface area contributed by atoms with E-state index in [4.69, 9.17) is 4.74 Å². The van der Waals surface area contributed by atoms with E-state index in [1.54, 1.807) is 36.4 Å². The SMILES string of the molecule is COc1cccc(/C(O)=C2/C(=O)C(=O)N(Cc3cccs3)C2c2cccc(O)c2)c1. The Balaban J connectivity index is 1.88. The van der Waals surface area contributed by atoms with Crippen molar-refractivity contribution in [2.24, 2.45) is 0 Å². The maximum absolute atomic E-state index is 13.0. The molecule has 1 unspecified atom stereocenters. The number of thiophene rings is 1. The standard InChI is InChI=1S/C23H19NO5S/c1-29-17-8-3-6-15(12-17)21(26)19-20(14-5-2-7-16(25)11-14)24(23(28)22(19)27)13-18-9-4-10-30-18/h2-12,20,25-26H,13H2,1H3/b21-19-. The van der Waals surface area contributed by atoms with Crippen LogP contribution in [-0.4, -0.2) is 33.9 Å². The summed E-state index contributed by atoms with van der Waals surface area (Å²) in [6, 6.07) is 15.9. The largest absolute Gasteiger partial charge is 0.508 e. The van der Waals surface area contributed by atoms with E-state index in [1.807, 2.05) is 17.5 Å². The lowest BCUT2D eigenvalue weighted by atomic mass is 9.95. The molecule has 1 aromatic heterocycles. The van der Waals surface area contributed by atoms with Crippen LogP contribution in [-0.2, 0) is 16.1 Å². The lowest BCUT2D eigenvalue weighted by molar-refractivity contribution is -0.140. The van der Waals surface area contributed by atoms with Gasteiger partial charge >= 0.3 is 0 Å². The van der Waals surface area contributed by atoms with Crippen LogP contribution in [0.4, 0.5) is 0 Å². The fourth-order valence-electron chi connectivity index (χ4n) is 3.58. The molecule has 1 aliphatic rings. The van der Waals surface area contributed by atoms with Gasteiger partial charge in [-0.1, -0.05) is 30.3 Å². The van der Waals surface area contributed by atoms with Gasteiger partial charge in [0.25, 0.3) is 11.7 Å². The molecular weight excluding hydrogens is 402 g/mol. The Bertz CT molecular complexity index is 1140. The summed E-state index contributed by atoms with van der Waals surface area (Å²) in [5.74, 6) is -1.22. The number of aliphatic hydroxyl groups excluding tert-OH is 1. The first-order valence-electron chi connectivity index (χ1n) is 9.23. The number of phenolic OH excluding ortho intramolecular Hbond substituents is 1. The number of hydrogen-bond donors (Lipinski definition) is 2. The van der Waals surface area contributed by atoms with Gasteiger partial charge in [0.15, 0.2) is 0 Å². The average molecular weight is 421 g/mol. The van der Waals surface area contributed by atoms with E-state index in [0.717, 1.165) is 4.88 Å². The first-order chi connectivity index (χ1) is 14.5. The number of amides is 1. The minimum Gasteiger partial charge on any atom is -0.508 e. The summed E-state index contributed by atoms with van der Waals surface area (Å²) in [6.45, 7) is 0.220. The Kier molecular flexibility index (Phi) is 5.29. The van der Waals surface area contributed by atoms with Gasteiger partial charge in [0.2, 0.25) is 0 Å². The fraction of sp³-hybridized carbons (Fsp3) is 0.130. The highest BCUT2D eigenvalue weighted by Crippen LogP contribution is 2.41. The monoisotopic (exact) mass is 421 g/mol. The second-order valence-electron chi connectivity index (χ2n) is 6.83. The lowest BCUT2D eigenvalue weighted by Gasteiger charge is -2.25. The summed E-state index contributed by atoms with van der Waals surface area (Å²) in [4.78, 5) is 28.2. The van der Waals surface area contributed by atoms with E-state index in [-0.39, 0.29) is 23.6 Å². The number of nitrogens with zero attached hydrogens (tertiary/aromatic N) is 1. The highest BCUT2D eigenvalue weighted by atomic mass is 32.1. The maximum Gasteiger partial charge on any atom is 0.295 e. The van der Waals surface area contributed by atoms with E-state index in [0.29, 0.717) is 16.9 Å². The predicted molar refractivity (Wildman–Crippen MR) is 113 cm³/mol. The summed E-state index contributed by atoms with van der Waals surface area (Å²) in [7, 11) is 1.51. The van der Waals surface area contributed by atoms with Crippen LogP contribution >= 0.6 is 11.3 Å². The number of ether oxygens (including phenoxy) is 1. The molecule has 0 bridgehead atoms. The predicted octanol–water partition coefficient (Wildman–Crippen LogP) is 4.08. The molecule has 2 heterocycles. The molecule has 3 aromatic rings. The topological polar surface area (TPSA) is 87.1 Å². The maximum atomic E-state index is 13.0. The first kappa shape index (κ1) is 19.7. The molecule has 4 rings (SSSR count). The molecule has 1 atom stereocenters. The van der Waals surface area contributed by atoms with Gasteiger partial charge in [-0.25, -0.2) is 0 Å². The van der Waals surface area contributed by atoms with Crippen LogP contribution in [0.2, 0.25) is 0 Å². The van der Waals surface area contributed by atoms with Gasteiger partial charge in [-0.05, 0) is 41.3 Å². The summed E-state index contributed by atoms with van der Waals surface area (Å²) < 4.78 is 5.21. The zero-order valence-corrected chi connectivity index (χ0v) is 16.9. The van der Waals surface area contributed by atoms with Crippen molar-refractivity contribution < 1.29 is 24.5 Å². The molecule has 0 radical (unpaired) electrons. The van der Waals surface area contributed by atoms with Gasteiger partial charge in [0, 0.05) is 10.4 Å². The molecule has 1 saturated heterocycles. The highest BCUT2D eigenvalue weighted by molar-refractivity contribution is 7.09. The van der Waals surface area contributed by atoms with Crippen LogP contribution in [0.5, 0.6) is 11.5 Å². The fourth-order valence-corrected chi connectivity index (χ4v) is 4.28. The van der Waals surface area contributed by atoms with E-state index in [2.05, 4.69) is 0 Å². The molecule has 1 amide bonds. The summed E-state index contributed by atoms with van der Waals surface area (Å²) in [6.07, 6.45) is 0. The average Bonchev–Trinajstić information content (AvgIpc) is 3.35. The number of methoxy groups -OCH3 is 1. The molecule has 2 N–H and O–H groups in total. The number of rotatable bonds is 5. The smallest absolute Gasteiger partial charge is 0.295 e. The van der Waals surface area contributed by atoms with Crippen molar-refractivity contribution >= 4 is 28.8 Å². The molecule has 1 aliphatic heterocycles. The number of aliphatic hydroxyl groups is 1. The van der Waals surface area contributed by atoms with Crippen LogP contribution in [0, 0.1) is 0 Å². The van der Waals surface area contributed by atoms with Crippen LogP contribution in [0.3, 0.4) is 0 Å². The summed E-state index contributed by atoms with van der Waals surface area (Å²) in [5.41, 5.74) is 0.888. The number of carbonyl (C=O) groups is 2. The number of hydrogen-bond acceptors (Lipinski definition) is 6. The zero-order chi connectivity index (χ0) is 21.3. The molecule has 0 aliphatic carbocycles. The third kappa shape index (κ3) is 3.55. The molecule has 6 nitrogen and oxygen atoms in total. The lowest BCUT2D eigenvalue weighted by Crippen LogP contribution is -2.28. The number of ketones is 1. The third-order valence-electron chi connectivity index (χ3n) is 4.98. The van der Waals surface area contributed by atoms with Crippen LogP contribution in [0.15, 0.2) is 71.6 Å². The Labute approximate surface area is 177 Å². The zero-order valence-electron chi connectivity index (χ0n) is 16.1. The van der Waals surface area contributed by atoms with Gasteiger partial charge in [0.1, 0.15) is 17.3 Å². The summed E-state index contributed by atoms with van der Waals surface area (Å²) in [5, 5.41) is 22.9. The Morgan fingerprint density at radius 1 is 1.10 bits per heavy atom. The van der Waals surface area contributed by atoms with Gasteiger partial charge in [-0.15, -0.1) is 11.3 Å². The van der Waals surface area contributed by atoms with Crippen molar-refractivity contribution in [1.82, 2.24) is 4.90 Å². The molecule has 2 aromatic carbocycles. The molecule has 30 heavy (non-hydrogen) atoms. The minimum atomic E-state index is -0.828. The number of benzene rings is 2. The van der Waals surface area contributed by atoms with Crippen molar-refractivity contribution in [2.75, 3.05) is 7.11 Å².